The van der Waals surface area contributed by atoms with Crippen molar-refractivity contribution in [3.63, 3.8) is 0 Å². The van der Waals surface area contributed by atoms with Gasteiger partial charge in [0.25, 0.3) is 0 Å². The second kappa shape index (κ2) is 11.6. The number of hydrogen-bond donors (Lipinski definition) is 3. The van der Waals surface area contributed by atoms with Crippen LogP contribution in [0.4, 0.5) is 5.69 Å². The molecule has 0 aliphatic heterocycles. The molecule has 2 aromatic rings. The van der Waals surface area contributed by atoms with Crippen LogP contribution >= 0.6 is 0 Å². The van der Waals surface area contributed by atoms with Crippen LogP contribution in [0.5, 0.6) is 5.88 Å². The molecule has 7 heteroatoms. The number of benzene rings is 1. The maximum Gasteiger partial charge on any atom is 0.505 e. The standard InChI is InChI=1S/C10H15NO2.C5H6BNO2/c12-8-6-11(7-9-13)10-4-2-1-3-5-10;8-6-9-5-3-1-2-4-7-5/h1-5,12-13H,6-9H2;1-4,6,8H. The number of rotatable bonds is 7. The van der Waals surface area contributed by atoms with Gasteiger partial charge in [-0.2, -0.15) is 0 Å². The van der Waals surface area contributed by atoms with Crippen molar-refractivity contribution in [2.24, 2.45) is 0 Å². The minimum Gasteiger partial charge on any atom is -0.525 e. The first kappa shape index (κ1) is 18.0. The molecule has 1 aromatic carbocycles. The third kappa shape index (κ3) is 7.08. The third-order valence-electron chi connectivity index (χ3n) is 2.71. The predicted octanol–water partition coefficient (Wildman–Crippen LogP) is 0.197. The number of aliphatic hydroxyl groups is 2. The summed E-state index contributed by atoms with van der Waals surface area (Å²) in [5.74, 6) is 0.444. The van der Waals surface area contributed by atoms with Crippen molar-refractivity contribution in [3.05, 3.63) is 54.7 Å². The fourth-order valence-electron chi connectivity index (χ4n) is 1.75. The molecule has 0 bridgehead atoms. The molecule has 2 rings (SSSR count). The van der Waals surface area contributed by atoms with Crippen molar-refractivity contribution in [1.82, 2.24) is 4.98 Å². The quantitative estimate of drug-likeness (QED) is 0.634. The molecule has 0 saturated carbocycles. The average Bonchev–Trinajstić information content (AvgIpc) is 2.57. The van der Waals surface area contributed by atoms with E-state index >= 15 is 0 Å². The summed E-state index contributed by atoms with van der Waals surface area (Å²) in [5, 5.41) is 25.9. The van der Waals surface area contributed by atoms with Gasteiger partial charge in [-0.25, -0.2) is 4.98 Å². The molecule has 1 aromatic heterocycles. The van der Waals surface area contributed by atoms with Crippen LogP contribution < -0.4 is 9.55 Å². The zero-order chi connectivity index (χ0) is 16.0. The van der Waals surface area contributed by atoms with E-state index in [9.17, 15) is 0 Å². The number of hydrogen-bond acceptors (Lipinski definition) is 6. The van der Waals surface area contributed by atoms with E-state index in [0.29, 0.717) is 19.0 Å². The van der Waals surface area contributed by atoms with E-state index in [1.165, 1.54) is 0 Å². The van der Waals surface area contributed by atoms with E-state index < -0.39 is 0 Å². The highest BCUT2D eigenvalue weighted by atomic mass is 16.5. The molecule has 0 radical (unpaired) electrons. The molecule has 22 heavy (non-hydrogen) atoms. The maximum absolute atomic E-state index is 8.80. The Kier molecular flexibility index (Phi) is 9.44. The summed E-state index contributed by atoms with van der Waals surface area (Å²) in [7, 11) is -0.322. The van der Waals surface area contributed by atoms with Gasteiger partial charge in [-0.05, 0) is 24.3 Å². The summed E-state index contributed by atoms with van der Waals surface area (Å²) in [5.41, 5.74) is 1.03. The van der Waals surface area contributed by atoms with Gasteiger partial charge in [0.15, 0.2) is 5.88 Å². The molecule has 0 atom stereocenters. The molecule has 0 spiro atoms. The fourth-order valence-corrected chi connectivity index (χ4v) is 1.75. The largest absolute Gasteiger partial charge is 0.525 e. The lowest BCUT2D eigenvalue weighted by Crippen LogP contribution is -2.29. The van der Waals surface area contributed by atoms with E-state index in [1.54, 1.807) is 24.4 Å². The summed E-state index contributed by atoms with van der Waals surface area (Å²) in [6.07, 6.45) is 1.60. The van der Waals surface area contributed by atoms with Crippen molar-refractivity contribution in [3.8, 4) is 5.88 Å². The molecule has 3 N–H and O–H groups in total. The average molecular weight is 304 g/mol. The SMILES string of the molecule is OBOc1ccccn1.OCCN(CCO)c1ccccc1. The molecule has 0 unspecified atom stereocenters. The molecule has 0 fully saturated rings. The highest BCUT2D eigenvalue weighted by molar-refractivity contribution is 6.17. The van der Waals surface area contributed by atoms with Crippen molar-refractivity contribution >= 4 is 13.4 Å². The molecule has 0 amide bonds. The summed E-state index contributed by atoms with van der Waals surface area (Å²) in [6.45, 7) is 1.33. The van der Waals surface area contributed by atoms with Gasteiger partial charge in [-0.1, -0.05) is 24.3 Å². The Balaban J connectivity index is 0.000000235. The highest BCUT2D eigenvalue weighted by Gasteiger charge is 2.02. The molecular weight excluding hydrogens is 283 g/mol. The van der Waals surface area contributed by atoms with Crippen LogP contribution in [0.25, 0.3) is 0 Å². The van der Waals surface area contributed by atoms with Gasteiger partial charge in [0, 0.05) is 25.0 Å². The van der Waals surface area contributed by atoms with Crippen LogP contribution in [0.3, 0.4) is 0 Å². The van der Waals surface area contributed by atoms with Crippen molar-refractivity contribution in [1.29, 1.82) is 0 Å². The van der Waals surface area contributed by atoms with Crippen LogP contribution in [0.15, 0.2) is 54.7 Å². The van der Waals surface area contributed by atoms with Gasteiger partial charge in [0.05, 0.1) is 13.2 Å². The molecule has 0 saturated heterocycles. The fraction of sp³-hybridized carbons (Fsp3) is 0.267. The van der Waals surface area contributed by atoms with Gasteiger partial charge < -0.3 is 24.8 Å². The van der Waals surface area contributed by atoms with Crippen molar-refractivity contribution < 1.29 is 19.9 Å². The lowest BCUT2D eigenvalue weighted by atomic mass is 10.3. The minimum atomic E-state index is -0.322. The third-order valence-corrected chi connectivity index (χ3v) is 2.71. The Morgan fingerprint density at radius 3 is 2.09 bits per heavy atom. The van der Waals surface area contributed by atoms with E-state index in [1.807, 2.05) is 35.2 Å². The van der Waals surface area contributed by atoms with Gasteiger partial charge in [0.2, 0.25) is 0 Å². The molecule has 0 aliphatic carbocycles. The second-order valence-corrected chi connectivity index (χ2v) is 4.21. The van der Waals surface area contributed by atoms with E-state index in [-0.39, 0.29) is 20.9 Å². The van der Waals surface area contributed by atoms with Gasteiger partial charge >= 0.3 is 7.69 Å². The van der Waals surface area contributed by atoms with Crippen molar-refractivity contribution in [2.75, 3.05) is 31.2 Å². The zero-order valence-electron chi connectivity index (χ0n) is 12.4. The minimum absolute atomic E-state index is 0.106. The zero-order valence-corrected chi connectivity index (χ0v) is 12.4. The van der Waals surface area contributed by atoms with E-state index in [2.05, 4.69) is 9.64 Å². The smallest absolute Gasteiger partial charge is 0.505 e. The first-order valence-corrected chi connectivity index (χ1v) is 6.98. The Hall–Kier alpha value is -2.09. The van der Waals surface area contributed by atoms with Crippen LogP contribution in [-0.2, 0) is 0 Å². The summed E-state index contributed by atoms with van der Waals surface area (Å²) < 4.78 is 4.65. The molecular formula is C15H21BN2O4. The number of nitrogens with zero attached hydrogens (tertiary/aromatic N) is 2. The first-order chi connectivity index (χ1) is 10.8. The van der Waals surface area contributed by atoms with Crippen LogP contribution in [-0.4, -0.2) is 54.2 Å². The highest BCUT2D eigenvalue weighted by Crippen LogP contribution is 2.11. The lowest BCUT2D eigenvalue weighted by molar-refractivity contribution is 0.281. The lowest BCUT2D eigenvalue weighted by Gasteiger charge is -2.22. The van der Waals surface area contributed by atoms with Crippen LogP contribution in [0.1, 0.15) is 0 Å². The number of anilines is 1. The van der Waals surface area contributed by atoms with Gasteiger partial charge in [-0.15, -0.1) is 0 Å². The monoisotopic (exact) mass is 304 g/mol. The van der Waals surface area contributed by atoms with Gasteiger partial charge in [-0.3, -0.25) is 0 Å². The normalized spacial score (nSPS) is 9.41. The number of aromatic nitrogens is 1. The molecule has 6 nitrogen and oxygen atoms in total. The molecule has 118 valence electrons. The summed E-state index contributed by atoms with van der Waals surface area (Å²) in [6, 6.07) is 15.0. The Bertz CT molecular complexity index is 481. The number of pyridine rings is 1. The maximum atomic E-state index is 8.80. The van der Waals surface area contributed by atoms with Crippen molar-refractivity contribution in [2.45, 2.75) is 0 Å². The molecule has 0 aliphatic rings. The Labute approximate surface area is 130 Å². The molecule has 1 heterocycles. The first-order valence-electron chi connectivity index (χ1n) is 6.98. The van der Waals surface area contributed by atoms with E-state index in [4.69, 9.17) is 15.2 Å². The number of para-hydroxylation sites is 1. The van der Waals surface area contributed by atoms with Crippen LogP contribution in [0, 0.1) is 0 Å². The van der Waals surface area contributed by atoms with Gasteiger partial charge in [0.1, 0.15) is 0 Å². The Morgan fingerprint density at radius 2 is 1.59 bits per heavy atom. The second-order valence-electron chi connectivity index (χ2n) is 4.21. The topological polar surface area (TPSA) is 86.0 Å². The predicted molar refractivity (Wildman–Crippen MR) is 87.1 cm³/mol. The Morgan fingerprint density at radius 1 is 0.955 bits per heavy atom. The number of aliphatic hydroxyl groups excluding tert-OH is 2. The van der Waals surface area contributed by atoms with Crippen LogP contribution in [0.2, 0.25) is 0 Å². The summed E-state index contributed by atoms with van der Waals surface area (Å²) >= 11 is 0. The summed E-state index contributed by atoms with van der Waals surface area (Å²) in [4.78, 5) is 5.73. The van der Waals surface area contributed by atoms with E-state index in [0.717, 1.165) is 5.69 Å².